The number of urea groups is 1. The van der Waals surface area contributed by atoms with E-state index in [0.717, 1.165) is 12.8 Å². The average Bonchev–Trinajstić information content (AvgIpc) is 2.19. The first-order chi connectivity index (χ1) is 7.22. The summed E-state index contributed by atoms with van der Waals surface area (Å²) < 4.78 is 0. The van der Waals surface area contributed by atoms with Crippen molar-refractivity contribution in [3.63, 3.8) is 0 Å². The molecule has 0 spiro atoms. The molecule has 0 saturated heterocycles. The molecule has 0 bridgehead atoms. The van der Waals surface area contributed by atoms with Crippen LogP contribution in [0.1, 0.15) is 32.1 Å². The Labute approximate surface area is 94.6 Å². The van der Waals surface area contributed by atoms with Crippen molar-refractivity contribution in [2.45, 2.75) is 38.1 Å². The molecule has 1 rings (SSSR count). The summed E-state index contributed by atoms with van der Waals surface area (Å²) in [6.45, 7) is 0. The van der Waals surface area contributed by atoms with E-state index >= 15 is 0 Å². The fourth-order valence-corrected chi connectivity index (χ4v) is 2.10. The van der Waals surface area contributed by atoms with Crippen LogP contribution >= 0.6 is 11.8 Å². The third-order valence-electron chi connectivity index (χ3n) is 2.47. The van der Waals surface area contributed by atoms with Crippen molar-refractivity contribution in [1.82, 2.24) is 10.6 Å². The molecular weight excluding hydrogens is 212 g/mol. The summed E-state index contributed by atoms with van der Waals surface area (Å²) in [7, 11) is 0. The molecule has 0 unspecified atom stereocenters. The first kappa shape index (κ1) is 12.4. The average molecular weight is 230 g/mol. The quantitative estimate of drug-likeness (QED) is 0.772. The first-order valence-corrected chi connectivity index (χ1v) is 6.71. The van der Waals surface area contributed by atoms with Crippen molar-refractivity contribution in [1.29, 1.82) is 0 Å². The summed E-state index contributed by atoms with van der Waals surface area (Å²) in [6, 6.07) is -0.0956. The minimum absolute atomic E-state index is 0.226. The van der Waals surface area contributed by atoms with Crippen LogP contribution in [-0.4, -0.2) is 30.0 Å². The number of carbonyl (C=O) groups excluding carboxylic acids is 2. The maximum Gasteiger partial charge on any atom is 0.321 e. The lowest BCUT2D eigenvalue weighted by molar-refractivity contribution is -0.117. The number of nitrogens with one attached hydrogen (secondary N) is 2. The molecular formula is C10H18N2O2S. The summed E-state index contributed by atoms with van der Waals surface area (Å²) >= 11 is 1.41. The molecule has 2 N–H and O–H groups in total. The van der Waals surface area contributed by atoms with Gasteiger partial charge in [0, 0.05) is 6.04 Å². The van der Waals surface area contributed by atoms with Crippen LogP contribution in [0.4, 0.5) is 4.79 Å². The first-order valence-electron chi connectivity index (χ1n) is 5.31. The summed E-state index contributed by atoms with van der Waals surface area (Å²) in [5.74, 6) is 0.105. The highest BCUT2D eigenvalue weighted by Crippen LogP contribution is 2.16. The van der Waals surface area contributed by atoms with Crippen molar-refractivity contribution in [3.05, 3.63) is 0 Å². The topological polar surface area (TPSA) is 58.2 Å². The molecule has 5 heteroatoms. The molecule has 0 aromatic carbocycles. The molecule has 3 amide bonds. The molecule has 1 fully saturated rings. The predicted molar refractivity (Wildman–Crippen MR) is 61.9 cm³/mol. The van der Waals surface area contributed by atoms with Gasteiger partial charge in [-0.05, 0) is 19.1 Å². The number of imide groups is 1. The van der Waals surface area contributed by atoms with Gasteiger partial charge in [0.2, 0.25) is 5.91 Å². The second-order valence-corrected chi connectivity index (χ2v) is 4.66. The van der Waals surface area contributed by atoms with E-state index in [1.54, 1.807) is 0 Å². The third-order valence-corrected chi connectivity index (χ3v) is 3.02. The number of thioether (sulfide) groups is 1. The number of rotatable bonds is 3. The van der Waals surface area contributed by atoms with E-state index in [1.165, 1.54) is 31.0 Å². The number of carbonyl (C=O) groups is 2. The van der Waals surface area contributed by atoms with Gasteiger partial charge in [0.25, 0.3) is 0 Å². The predicted octanol–water partition coefficient (Wildman–Crippen LogP) is 1.51. The van der Waals surface area contributed by atoms with Crippen molar-refractivity contribution >= 4 is 23.7 Å². The fraction of sp³-hybridized carbons (Fsp3) is 0.800. The molecule has 0 aromatic rings. The van der Waals surface area contributed by atoms with Gasteiger partial charge in [-0.25, -0.2) is 4.79 Å². The van der Waals surface area contributed by atoms with Gasteiger partial charge < -0.3 is 5.32 Å². The Bertz CT molecular complexity index is 227. The number of hydrogen-bond acceptors (Lipinski definition) is 3. The Morgan fingerprint density at radius 2 is 1.93 bits per heavy atom. The maximum atomic E-state index is 11.3. The fourth-order valence-electron chi connectivity index (χ4n) is 1.76. The molecule has 1 aliphatic carbocycles. The highest BCUT2D eigenvalue weighted by molar-refractivity contribution is 7.99. The van der Waals surface area contributed by atoms with E-state index in [9.17, 15) is 9.59 Å². The Balaban J connectivity index is 2.19. The smallest absolute Gasteiger partial charge is 0.321 e. The van der Waals surface area contributed by atoms with E-state index in [1.807, 2.05) is 6.26 Å². The molecule has 0 radical (unpaired) electrons. The van der Waals surface area contributed by atoms with E-state index in [4.69, 9.17) is 0 Å². The highest BCUT2D eigenvalue weighted by Gasteiger charge is 2.16. The third kappa shape index (κ3) is 5.06. The molecule has 0 aliphatic heterocycles. The minimum atomic E-state index is -0.346. The van der Waals surface area contributed by atoms with E-state index in [0.29, 0.717) is 5.75 Å². The van der Waals surface area contributed by atoms with Gasteiger partial charge in [-0.3, -0.25) is 10.1 Å². The zero-order chi connectivity index (χ0) is 11.1. The molecule has 0 aromatic heterocycles. The monoisotopic (exact) mass is 230 g/mol. The van der Waals surface area contributed by atoms with Crippen LogP contribution in [0.5, 0.6) is 0 Å². The van der Waals surface area contributed by atoms with Gasteiger partial charge in [-0.15, -0.1) is 0 Å². The maximum absolute atomic E-state index is 11.3. The molecule has 4 nitrogen and oxygen atoms in total. The molecule has 15 heavy (non-hydrogen) atoms. The van der Waals surface area contributed by atoms with Crippen LogP contribution in [0, 0.1) is 0 Å². The summed E-state index contributed by atoms with van der Waals surface area (Å²) in [4.78, 5) is 22.4. The van der Waals surface area contributed by atoms with Crippen LogP contribution < -0.4 is 10.6 Å². The number of hydrogen-bond donors (Lipinski definition) is 2. The van der Waals surface area contributed by atoms with Crippen molar-refractivity contribution in [3.8, 4) is 0 Å². The van der Waals surface area contributed by atoms with E-state index in [-0.39, 0.29) is 18.0 Å². The van der Waals surface area contributed by atoms with Gasteiger partial charge in [0.1, 0.15) is 0 Å². The van der Waals surface area contributed by atoms with E-state index in [2.05, 4.69) is 10.6 Å². The van der Waals surface area contributed by atoms with E-state index < -0.39 is 0 Å². The summed E-state index contributed by atoms with van der Waals surface area (Å²) in [5.41, 5.74) is 0. The highest BCUT2D eigenvalue weighted by atomic mass is 32.2. The van der Waals surface area contributed by atoms with Crippen LogP contribution in [-0.2, 0) is 4.79 Å². The summed E-state index contributed by atoms with van der Waals surface area (Å²) in [5, 5.41) is 5.15. The second-order valence-electron chi connectivity index (χ2n) is 3.79. The van der Waals surface area contributed by atoms with Crippen LogP contribution in [0.15, 0.2) is 0 Å². The van der Waals surface area contributed by atoms with Crippen LogP contribution in [0.3, 0.4) is 0 Å². The zero-order valence-corrected chi connectivity index (χ0v) is 9.86. The standard InChI is InChI=1S/C10H18N2O2S/c1-15-7-9(13)12-10(14)11-8-5-3-2-4-6-8/h8H,2-7H2,1H3,(H2,11,12,13,14). The van der Waals surface area contributed by atoms with Crippen molar-refractivity contribution in [2.24, 2.45) is 0 Å². The molecule has 0 heterocycles. The lowest BCUT2D eigenvalue weighted by atomic mass is 9.96. The molecule has 86 valence electrons. The Morgan fingerprint density at radius 3 is 2.53 bits per heavy atom. The number of amides is 3. The van der Waals surface area contributed by atoms with Gasteiger partial charge in [-0.2, -0.15) is 11.8 Å². The van der Waals surface area contributed by atoms with Crippen molar-refractivity contribution in [2.75, 3.05) is 12.0 Å². The minimum Gasteiger partial charge on any atom is -0.335 e. The molecule has 0 atom stereocenters. The Hall–Kier alpha value is -0.710. The van der Waals surface area contributed by atoms with Gasteiger partial charge >= 0.3 is 6.03 Å². The molecule has 1 saturated carbocycles. The SMILES string of the molecule is CSCC(=O)NC(=O)NC1CCCCC1. The lowest BCUT2D eigenvalue weighted by Gasteiger charge is -2.22. The lowest BCUT2D eigenvalue weighted by Crippen LogP contribution is -2.45. The van der Waals surface area contributed by atoms with Gasteiger partial charge in [0.15, 0.2) is 0 Å². The second kappa shape index (κ2) is 6.71. The van der Waals surface area contributed by atoms with Gasteiger partial charge in [0.05, 0.1) is 5.75 Å². The Kier molecular flexibility index (Phi) is 5.53. The van der Waals surface area contributed by atoms with Crippen LogP contribution in [0.25, 0.3) is 0 Å². The van der Waals surface area contributed by atoms with Crippen molar-refractivity contribution < 1.29 is 9.59 Å². The summed E-state index contributed by atoms with van der Waals surface area (Å²) in [6.07, 6.45) is 7.49. The van der Waals surface area contributed by atoms with Gasteiger partial charge in [-0.1, -0.05) is 19.3 Å². The normalized spacial score (nSPS) is 17.1. The largest absolute Gasteiger partial charge is 0.335 e. The molecule has 1 aliphatic rings. The zero-order valence-electron chi connectivity index (χ0n) is 9.04. The van der Waals surface area contributed by atoms with Crippen LogP contribution in [0.2, 0.25) is 0 Å². The Morgan fingerprint density at radius 1 is 1.27 bits per heavy atom.